The van der Waals surface area contributed by atoms with Crippen molar-refractivity contribution in [3.63, 3.8) is 0 Å². The van der Waals surface area contributed by atoms with Gasteiger partial charge in [0.1, 0.15) is 11.7 Å². The molecular weight excluding hydrogens is 378 g/mol. The minimum absolute atomic E-state index is 0.0935. The van der Waals surface area contributed by atoms with Crippen molar-refractivity contribution in [2.24, 2.45) is 0 Å². The first-order valence-corrected chi connectivity index (χ1v) is 9.93. The van der Waals surface area contributed by atoms with E-state index in [0.29, 0.717) is 43.5 Å². The van der Waals surface area contributed by atoms with Crippen LogP contribution in [-0.4, -0.2) is 59.7 Å². The Labute approximate surface area is 168 Å². The summed E-state index contributed by atoms with van der Waals surface area (Å²) in [6.07, 6.45) is 1.50. The second-order valence-electron chi connectivity index (χ2n) is 7.20. The van der Waals surface area contributed by atoms with E-state index in [2.05, 4.69) is 5.32 Å². The Bertz CT molecular complexity index is 960. The normalized spacial score (nSPS) is 19.8. The smallest absolute Gasteiger partial charge is 0.336 e. The van der Waals surface area contributed by atoms with Crippen LogP contribution in [0, 0.1) is 6.92 Å². The molecule has 1 atom stereocenters. The third-order valence-electron chi connectivity index (χ3n) is 5.29. The monoisotopic (exact) mass is 401 g/mol. The Kier molecular flexibility index (Phi) is 5.32. The number of fused-ring (bicyclic) bond motifs is 1. The summed E-state index contributed by atoms with van der Waals surface area (Å²) in [5.41, 5.74) is 1.82. The van der Waals surface area contributed by atoms with Gasteiger partial charge in [0.05, 0.1) is 0 Å². The van der Waals surface area contributed by atoms with Crippen molar-refractivity contribution in [3.05, 3.63) is 40.2 Å². The fourth-order valence-electron chi connectivity index (χ4n) is 3.71. The Morgan fingerprint density at radius 2 is 1.93 bits per heavy atom. The first-order valence-electron chi connectivity index (χ1n) is 9.52. The Morgan fingerprint density at radius 1 is 1.18 bits per heavy atom. The van der Waals surface area contributed by atoms with Crippen LogP contribution in [0.4, 0.5) is 5.69 Å². The number of amides is 1. The lowest BCUT2D eigenvalue weighted by Gasteiger charge is -2.37. The molecule has 148 valence electrons. The Balaban J connectivity index is 1.37. The molecule has 3 heterocycles. The molecule has 0 radical (unpaired) electrons. The SMILES string of the molecule is Cc1cc(=O)oc2cc(NC(=S)N3CCN(C(=O)[C@@H]4CCCO4)CC3)ccc12. The number of hydrogen-bond acceptors (Lipinski definition) is 5. The fraction of sp³-hybridized carbons (Fsp3) is 0.450. The van der Waals surface area contributed by atoms with Crippen molar-refractivity contribution in [2.75, 3.05) is 38.1 Å². The summed E-state index contributed by atoms with van der Waals surface area (Å²) in [7, 11) is 0. The van der Waals surface area contributed by atoms with Crippen LogP contribution >= 0.6 is 12.2 Å². The van der Waals surface area contributed by atoms with E-state index in [1.54, 1.807) is 6.07 Å². The average molecular weight is 401 g/mol. The number of ether oxygens (including phenoxy) is 1. The number of hydrogen-bond donors (Lipinski definition) is 1. The molecule has 0 aliphatic carbocycles. The zero-order valence-corrected chi connectivity index (χ0v) is 16.6. The molecule has 4 rings (SSSR count). The molecule has 0 spiro atoms. The van der Waals surface area contributed by atoms with Gasteiger partial charge in [-0.05, 0) is 49.7 Å². The Hall–Kier alpha value is -2.45. The second-order valence-corrected chi connectivity index (χ2v) is 7.59. The summed E-state index contributed by atoms with van der Waals surface area (Å²) in [6.45, 7) is 5.17. The number of nitrogens with zero attached hydrogens (tertiary/aromatic N) is 2. The van der Waals surface area contributed by atoms with Gasteiger partial charge in [0, 0.05) is 56.0 Å². The number of carbonyl (C=O) groups is 1. The van der Waals surface area contributed by atoms with E-state index in [1.165, 1.54) is 6.07 Å². The van der Waals surface area contributed by atoms with E-state index in [0.717, 1.165) is 29.5 Å². The van der Waals surface area contributed by atoms with Gasteiger partial charge in [0.15, 0.2) is 5.11 Å². The minimum atomic E-state index is -0.364. The fourth-order valence-corrected chi connectivity index (χ4v) is 4.01. The van der Waals surface area contributed by atoms with E-state index in [-0.39, 0.29) is 17.6 Å². The molecule has 2 aromatic rings. The maximum Gasteiger partial charge on any atom is 0.336 e. The van der Waals surface area contributed by atoms with Gasteiger partial charge in [0.25, 0.3) is 5.91 Å². The lowest BCUT2D eigenvalue weighted by Crippen LogP contribution is -2.53. The van der Waals surface area contributed by atoms with E-state index >= 15 is 0 Å². The number of piperazine rings is 1. The number of anilines is 1. The highest BCUT2D eigenvalue weighted by atomic mass is 32.1. The molecule has 1 amide bonds. The maximum atomic E-state index is 12.4. The van der Waals surface area contributed by atoms with Gasteiger partial charge in [-0.25, -0.2) is 4.79 Å². The lowest BCUT2D eigenvalue weighted by molar-refractivity contribution is -0.142. The highest BCUT2D eigenvalue weighted by Crippen LogP contribution is 2.21. The number of aryl methyl sites for hydroxylation is 1. The maximum absolute atomic E-state index is 12.4. The number of thiocarbonyl (C=S) groups is 1. The van der Waals surface area contributed by atoms with Crippen LogP contribution in [0.25, 0.3) is 11.0 Å². The highest BCUT2D eigenvalue weighted by molar-refractivity contribution is 7.80. The summed E-state index contributed by atoms with van der Waals surface area (Å²) >= 11 is 5.54. The predicted octanol–water partition coefficient (Wildman–Crippen LogP) is 2.12. The number of rotatable bonds is 2. The zero-order chi connectivity index (χ0) is 19.7. The lowest BCUT2D eigenvalue weighted by atomic mass is 10.1. The molecule has 0 saturated carbocycles. The first-order chi connectivity index (χ1) is 13.5. The van der Waals surface area contributed by atoms with E-state index in [4.69, 9.17) is 21.4 Å². The predicted molar refractivity (Wildman–Crippen MR) is 111 cm³/mol. The molecule has 28 heavy (non-hydrogen) atoms. The van der Waals surface area contributed by atoms with Gasteiger partial charge in [-0.2, -0.15) is 0 Å². The largest absolute Gasteiger partial charge is 0.423 e. The van der Waals surface area contributed by atoms with Crippen molar-refractivity contribution < 1.29 is 13.9 Å². The summed E-state index contributed by atoms with van der Waals surface area (Å²) in [5.74, 6) is 0.0935. The molecule has 1 aromatic carbocycles. The molecule has 1 N–H and O–H groups in total. The van der Waals surface area contributed by atoms with Crippen LogP contribution in [0.5, 0.6) is 0 Å². The van der Waals surface area contributed by atoms with Crippen molar-refractivity contribution in [1.82, 2.24) is 9.80 Å². The average Bonchev–Trinajstić information content (AvgIpc) is 3.22. The molecular formula is C20H23N3O4S. The highest BCUT2D eigenvalue weighted by Gasteiger charge is 2.30. The van der Waals surface area contributed by atoms with E-state index in [1.807, 2.05) is 28.9 Å². The van der Waals surface area contributed by atoms with Crippen molar-refractivity contribution in [2.45, 2.75) is 25.9 Å². The number of benzene rings is 1. The van der Waals surface area contributed by atoms with Gasteiger partial charge >= 0.3 is 5.63 Å². The summed E-state index contributed by atoms with van der Waals surface area (Å²) in [5, 5.41) is 4.71. The third-order valence-corrected chi connectivity index (χ3v) is 5.65. The molecule has 0 unspecified atom stereocenters. The molecule has 0 bridgehead atoms. The molecule has 2 saturated heterocycles. The molecule has 8 heteroatoms. The van der Waals surface area contributed by atoms with Crippen molar-refractivity contribution >= 4 is 39.9 Å². The topological polar surface area (TPSA) is 75.0 Å². The Morgan fingerprint density at radius 3 is 2.64 bits per heavy atom. The van der Waals surface area contributed by atoms with Gasteiger partial charge in [-0.15, -0.1) is 0 Å². The molecule has 1 aromatic heterocycles. The number of nitrogens with one attached hydrogen (secondary N) is 1. The molecule has 7 nitrogen and oxygen atoms in total. The quantitative estimate of drug-likeness (QED) is 0.610. The second kappa shape index (κ2) is 7.89. The van der Waals surface area contributed by atoms with Crippen LogP contribution < -0.4 is 10.9 Å². The van der Waals surface area contributed by atoms with E-state index < -0.39 is 0 Å². The van der Waals surface area contributed by atoms with Crippen molar-refractivity contribution in [3.8, 4) is 0 Å². The standard InChI is InChI=1S/C20H23N3O4S/c1-13-11-18(24)27-17-12-14(4-5-15(13)17)21-20(28)23-8-6-22(7-9-23)19(25)16-3-2-10-26-16/h4-5,11-12,16H,2-3,6-10H2,1H3,(H,21,28)/t16-/m0/s1. The summed E-state index contributed by atoms with van der Waals surface area (Å²) < 4.78 is 10.8. The van der Waals surface area contributed by atoms with E-state index in [9.17, 15) is 9.59 Å². The third kappa shape index (κ3) is 3.88. The van der Waals surface area contributed by atoms with Crippen LogP contribution in [-0.2, 0) is 9.53 Å². The summed E-state index contributed by atoms with van der Waals surface area (Å²) in [4.78, 5) is 28.0. The van der Waals surface area contributed by atoms with Crippen molar-refractivity contribution in [1.29, 1.82) is 0 Å². The van der Waals surface area contributed by atoms with Crippen LogP contribution in [0.2, 0.25) is 0 Å². The van der Waals surface area contributed by atoms with Gasteiger partial charge in [-0.3, -0.25) is 4.79 Å². The minimum Gasteiger partial charge on any atom is -0.423 e. The number of carbonyl (C=O) groups excluding carboxylic acids is 1. The molecule has 2 fully saturated rings. The van der Waals surface area contributed by atoms with Crippen LogP contribution in [0.1, 0.15) is 18.4 Å². The zero-order valence-electron chi connectivity index (χ0n) is 15.8. The van der Waals surface area contributed by atoms with Gasteiger partial charge in [-0.1, -0.05) is 0 Å². The molecule has 2 aliphatic heterocycles. The van der Waals surface area contributed by atoms with Crippen LogP contribution in [0.3, 0.4) is 0 Å². The van der Waals surface area contributed by atoms with Gasteiger partial charge in [0.2, 0.25) is 0 Å². The first kappa shape index (κ1) is 18.9. The molecule has 2 aliphatic rings. The summed E-state index contributed by atoms with van der Waals surface area (Å²) in [6, 6.07) is 7.10. The van der Waals surface area contributed by atoms with Gasteiger partial charge < -0.3 is 24.3 Å². The van der Waals surface area contributed by atoms with Crippen LogP contribution in [0.15, 0.2) is 33.5 Å².